The van der Waals surface area contributed by atoms with Gasteiger partial charge in [-0.3, -0.25) is 4.55 Å². The van der Waals surface area contributed by atoms with E-state index in [1.165, 1.54) is 12.1 Å². The second-order valence-electron chi connectivity index (χ2n) is 5.33. The first-order valence-corrected chi connectivity index (χ1v) is 8.67. The van der Waals surface area contributed by atoms with Crippen LogP contribution in [0.15, 0.2) is 18.2 Å². The third kappa shape index (κ3) is 5.06. The number of carbonyl (C=O) groups is 1. The molecule has 1 aromatic carbocycles. The van der Waals surface area contributed by atoms with Gasteiger partial charge in [0.25, 0.3) is 10.1 Å². The quantitative estimate of drug-likeness (QED) is 0.325. The number of methoxy groups -OCH3 is 1. The highest BCUT2D eigenvalue weighted by atomic mass is 32.2. The van der Waals surface area contributed by atoms with Crippen molar-refractivity contribution in [2.24, 2.45) is 0 Å². The zero-order valence-corrected chi connectivity index (χ0v) is 14.6. The van der Waals surface area contributed by atoms with Crippen LogP contribution < -0.4 is 4.74 Å². The summed E-state index contributed by atoms with van der Waals surface area (Å²) in [6.07, 6.45) is -12.4. The van der Waals surface area contributed by atoms with Crippen LogP contribution in [0.4, 0.5) is 26.3 Å². The van der Waals surface area contributed by atoms with E-state index < -0.39 is 45.4 Å². The molecule has 1 aromatic rings. The van der Waals surface area contributed by atoms with Gasteiger partial charge in [-0.15, -0.1) is 0 Å². The van der Waals surface area contributed by atoms with Crippen molar-refractivity contribution in [2.45, 2.75) is 24.3 Å². The molecule has 0 spiro atoms. The molecule has 0 radical (unpaired) electrons. The highest BCUT2D eigenvalue weighted by molar-refractivity contribution is 7.85. The standard InChI is InChI=1S/C13H13BF6O6S/c1-25-9-4-7(5-14)2-3-8(9)10(21)26-11(12(15,16)17,13(18,19)20)6-27(22,23)24/h2-4H,5-6,14H2,1H3,(H,22,23,24). The first kappa shape index (κ1) is 23.1. The summed E-state index contributed by atoms with van der Waals surface area (Å²) in [6.45, 7) is 0. The van der Waals surface area contributed by atoms with Crippen LogP contribution in [0, 0.1) is 0 Å². The second kappa shape index (κ2) is 7.58. The summed E-state index contributed by atoms with van der Waals surface area (Å²) in [5, 5.41) is 0. The highest BCUT2D eigenvalue weighted by Crippen LogP contribution is 2.47. The van der Waals surface area contributed by atoms with Crippen LogP contribution in [0.3, 0.4) is 0 Å². The highest BCUT2D eigenvalue weighted by Gasteiger charge is 2.76. The molecule has 1 N–H and O–H groups in total. The molecule has 0 aliphatic carbocycles. The number of esters is 1. The van der Waals surface area contributed by atoms with Crippen molar-refractivity contribution in [3.63, 3.8) is 0 Å². The van der Waals surface area contributed by atoms with Gasteiger partial charge in [-0.05, 0) is 12.1 Å². The molecule has 1 rings (SSSR count). The summed E-state index contributed by atoms with van der Waals surface area (Å²) in [5.41, 5.74) is -5.71. The van der Waals surface area contributed by atoms with Gasteiger partial charge in [-0.1, -0.05) is 17.9 Å². The molecule has 0 amide bonds. The van der Waals surface area contributed by atoms with Crippen molar-refractivity contribution in [3.05, 3.63) is 29.3 Å². The summed E-state index contributed by atoms with van der Waals surface area (Å²) in [7, 11) is -3.14. The van der Waals surface area contributed by atoms with Crippen molar-refractivity contribution >= 4 is 23.9 Å². The van der Waals surface area contributed by atoms with Gasteiger partial charge in [0.05, 0.1) is 7.11 Å². The molecule has 6 nitrogen and oxygen atoms in total. The molecular formula is C13H13BF6O6S. The molecule has 0 aliphatic rings. The van der Waals surface area contributed by atoms with Crippen LogP contribution in [0.1, 0.15) is 15.9 Å². The maximum absolute atomic E-state index is 13.2. The number of ether oxygens (including phenoxy) is 2. The monoisotopic (exact) mass is 422 g/mol. The van der Waals surface area contributed by atoms with E-state index in [0.29, 0.717) is 11.9 Å². The van der Waals surface area contributed by atoms with Gasteiger partial charge in [0.15, 0.2) is 0 Å². The largest absolute Gasteiger partial charge is 0.496 e. The lowest BCUT2D eigenvalue weighted by Crippen LogP contribution is -2.63. The molecule has 0 saturated heterocycles. The Hall–Kier alpha value is -1.96. The van der Waals surface area contributed by atoms with Crippen molar-refractivity contribution in [2.75, 3.05) is 12.9 Å². The normalized spacial score (nSPS) is 13.3. The molecule has 0 unspecified atom stereocenters. The molecule has 0 heterocycles. The Morgan fingerprint density at radius 1 is 1.15 bits per heavy atom. The Morgan fingerprint density at radius 2 is 1.67 bits per heavy atom. The van der Waals surface area contributed by atoms with E-state index in [0.717, 1.165) is 13.2 Å². The SMILES string of the molecule is BCc1ccc(C(=O)OC(CS(=O)(=O)O)(C(F)(F)F)C(F)(F)F)c(OC)c1. The molecule has 14 heteroatoms. The molecule has 27 heavy (non-hydrogen) atoms. The maximum Gasteiger partial charge on any atom is 0.438 e. The topological polar surface area (TPSA) is 89.9 Å². The Morgan fingerprint density at radius 3 is 2.04 bits per heavy atom. The van der Waals surface area contributed by atoms with Gasteiger partial charge < -0.3 is 9.47 Å². The molecule has 0 saturated carbocycles. The zero-order chi connectivity index (χ0) is 21.3. The fourth-order valence-electron chi connectivity index (χ4n) is 2.06. The van der Waals surface area contributed by atoms with E-state index in [2.05, 4.69) is 4.74 Å². The van der Waals surface area contributed by atoms with E-state index in [-0.39, 0.29) is 5.75 Å². The Labute approximate surface area is 150 Å². The van der Waals surface area contributed by atoms with Crippen LogP contribution in [-0.2, 0) is 21.2 Å². The van der Waals surface area contributed by atoms with Crippen molar-refractivity contribution in [1.82, 2.24) is 0 Å². The summed E-state index contributed by atoms with van der Waals surface area (Å²) in [5.74, 6) is -5.45. The van der Waals surface area contributed by atoms with E-state index >= 15 is 0 Å². The third-order valence-corrected chi connectivity index (χ3v) is 4.23. The Balaban J connectivity index is 3.53. The summed E-state index contributed by atoms with van der Waals surface area (Å²) in [6, 6.07) is 3.32. The molecule has 0 bridgehead atoms. The molecule has 152 valence electrons. The van der Waals surface area contributed by atoms with Crippen LogP contribution in [0.25, 0.3) is 0 Å². The van der Waals surface area contributed by atoms with Gasteiger partial charge in [0.1, 0.15) is 24.9 Å². The van der Waals surface area contributed by atoms with Gasteiger partial charge in [-0.2, -0.15) is 34.8 Å². The fraction of sp³-hybridized carbons (Fsp3) is 0.462. The molecular weight excluding hydrogens is 409 g/mol. The average molecular weight is 422 g/mol. The number of halogens is 6. The lowest BCUT2D eigenvalue weighted by molar-refractivity contribution is -0.356. The molecule has 0 aromatic heterocycles. The van der Waals surface area contributed by atoms with Gasteiger partial charge in [0, 0.05) is 0 Å². The lowest BCUT2D eigenvalue weighted by Gasteiger charge is -2.35. The molecule has 0 atom stereocenters. The van der Waals surface area contributed by atoms with Gasteiger partial charge in [-0.25, -0.2) is 4.79 Å². The Bertz CT molecular complexity index is 790. The summed E-state index contributed by atoms with van der Waals surface area (Å²) in [4.78, 5) is 12.0. The number of carbonyl (C=O) groups excluding carboxylic acids is 1. The van der Waals surface area contributed by atoms with Crippen LogP contribution in [-0.4, -0.2) is 57.6 Å². The zero-order valence-electron chi connectivity index (χ0n) is 13.8. The number of alkyl halides is 6. The predicted molar refractivity (Wildman–Crippen MR) is 81.9 cm³/mol. The van der Waals surface area contributed by atoms with Gasteiger partial charge in [0.2, 0.25) is 0 Å². The predicted octanol–water partition coefficient (Wildman–Crippen LogP) is 1.74. The van der Waals surface area contributed by atoms with Crippen molar-refractivity contribution in [1.29, 1.82) is 0 Å². The number of rotatable bonds is 6. The Kier molecular flexibility index (Phi) is 6.48. The van der Waals surface area contributed by atoms with Crippen LogP contribution in [0.5, 0.6) is 5.75 Å². The maximum atomic E-state index is 13.2. The van der Waals surface area contributed by atoms with Gasteiger partial charge >= 0.3 is 23.9 Å². The van der Waals surface area contributed by atoms with Crippen molar-refractivity contribution < 1.29 is 53.6 Å². The first-order valence-electron chi connectivity index (χ1n) is 7.07. The summed E-state index contributed by atoms with van der Waals surface area (Å²) >= 11 is 0. The lowest BCUT2D eigenvalue weighted by atomic mass is 9.95. The van der Waals surface area contributed by atoms with E-state index in [4.69, 9.17) is 9.29 Å². The van der Waals surface area contributed by atoms with E-state index in [1.807, 2.05) is 0 Å². The first-order chi connectivity index (χ1) is 12.1. The number of hydrogen-bond donors (Lipinski definition) is 1. The third-order valence-electron chi connectivity index (χ3n) is 3.46. The van der Waals surface area contributed by atoms with Crippen molar-refractivity contribution in [3.8, 4) is 5.75 Å². The number of hydrogen-bond acceptors (Lipinski definition) is 5. The minimum Gasteiger partial charge on any atom is -0.496 e. The smallest absolute Gasteiger partial charge is 0.438 e. The number of benzene rings is 1. The van der Waals surface area contributed by atoms with E-state index in [9.17, 15) is 39.6 Å². The molecule has 0 aliphatic heterocycles. The summed E-state index contributed by atoms with van der Waals surface area (Å²) < 4.78 is 118. The van der Waals surface area contributed by atoms with E-state index in [1.54, 1.807) is 7.85 Å². The van der Waals surface area contributed by atoms with Crippen LogP contribution in [0.2, 0.25) is 0 Å². The second-order valence-corrected chi connectivity index (χ2v) is 6.78. The van der Waals surface area contributed by atoms with Crippen LogP contribution >= 0.6 is 0 Å². The minimum absolute atomic E-state index is 0.371. The fourth-order valence-corrected chi connectivity index (χ4v) is 2.96. The average Bonchev–Trinajstić information content (AvgIpc) is 2.49. The molecule has 0 fully saturated rings. The minimum atomic E-state index is -6.40.